The van der Waals surface area contributed by atoms with Crippen LogP contribution in [0.3, 0.4) is 0 Å². The predicted molar refractivity (Wildman–Crippen MR) is 40.0 cm³/mol. The summed E-state index contributed by atoms with van der Waals surface area (Å²) in [4.78, 5) is 13.1. The number of hydrogen-bond donors (Lipinski definition) is 1. The average Bonchev–Trinajstić information content (AvgIpc) is 2.13. The van der Waals surface area contributed by atoms with E-state index in [1.165, 1.54) is 0 Å². The third-order valence-corrected chi connectivity index (χ3v) is 1.76. The van der Waals surface area contributed by atoms with Crippen LogP contribution in [0.15, 0.2) is 0 Å². The van der Waals surface area contributed by atoms with E-state index in [0.29, 0.717) is 12.3 Å². The maximum Gasteiger partial charge on any atom is 0.164 e. The lowest BCUT2D eigenvalue weighted by Crippen LogP contribution is -2.35. The Morgan fingerprint density at radius 3 is 2.90 bits per heavy atom. The highest BCUT2D eigenvalue weighted by atomic mass is 16.1. The van der Waals surface area contributed by atoms with E-state index in [1.54, 1.807) is 0 Å². The first-order valence-electron chi connectivity index (χ1n) is 3.68. The minimum Gasteiger partial charge on any atom is -0.307 e. The Hall–Kier alpha value is -0.410. The normalized spacial score (nSPS) is 27.8. The van der Waals surface area contributed by atoms with Crippen molar-refractivity contribution < 1.29 is 4.79 Å². The van der Waals surface area contributed by atoms with Gasteiger partial charge in [-0.2, -0.15) is 0 Å². The van der Waals surface area contributed by atoms with Crippen LogP contribution in [0.2, 0.25) is 0 Å². The number of carbonyl (C=O) groups excluding carboxylic acids is 1. The zero-order chi connectivity index (χ0) is 7.56. The number of carbonyl (C=O) groups is 1. The summed E-state index contributed by atoms with van der Waals surface area (Å²) in [5.74, 6) is 0.323. The molecule has 1 aliphatic rings. The zero-order valence-electron chi connectivity index (χ0n) is 6.55. The molecule has 10 heavy (non-hydrogen) atoms. The molecule has 0 spiro atoms. The Labute approximate surface area is 61.4 Å². The number of rotatable bonds is 2. The van der Waals surface area contributed by atoms with Gasteiger partial charge in [-0.1, -0.05) is 6.92 Å². The van der Waals surface area contributed by atoms with Crippen molar-refractivity contribution in [3.05, 3.63) is 0 Å². The molecule has 0 saturated carbocycles. The number of likely N-dealkylation sites (tertiary alicyclic amines) is 1. The minimum atomic E-state index is 0.0926. The molecule has 0 amide bonds. The molecule has 58 valence electrons. The van der Waals surface area contributed by atoms with Crippen LogP contribution in [0.1, 0.15) is 6.92 Å². The molecule has 1 unspecified atom stereocenters. The molecule has 3 nitrogen and oxygen atoms in total. The van der Waals surface area contributed by atoms with Crippen molar-refractivity contribution in [3.8, 4) is 0 Å². The van der Waals surface area contributed by atoms with E-state index in [0.717, 1.165) is 13.1 Å². The zero-order valence-corrected chi connectivity index (χ0v) is 6.55. The number of nitrogens with zero attached hydrogens (tertiary/aromatic N) is 1. The fourth-order valence-electron chi connectivity index (χ4n) is 1.28. The van der Waals surface area contributed by atoms with Gasteiger partial charge in [-0.05, 0) is 13.6 Å². The first-order chi connectivity index (χ1) is 4.74. The molecule has 0 radical (unpaired) electrons. The van der Waals surface area contributed by atoms with E-state index in [9.17, 15) is 4.79 Å². The molecule has 1 fully saturated rings. The quantitative estimate of drug-likeness (QED) is 0.563. The Morgan fingerprint density at radius 2 is 2.50 bits per heavy atom. The van der Waals surface area contributed by atoms with Gasteiger partial charge in [0.15, 0.2) is 5.78 Å². The van der Waals surface area contributed by atoms with Gasteiger partial charge in [0, 0.05) is 6.54 Å². The first kappa shape index (κ1) is 7.69. The van der Waals surface area contributed by atoms with Crippen LogP contribution in [0.25, 0.3) is 0 Å². The SMILES string of the molecule is CCNC1CN(C)CC1=O. The highest BCUT2D eigenvalue weighted by molar-refractivity contribution is 5.88. The van der Waals surface area contributed by atoms with Crippen LogP contribution in [0.4, 0.5) is 0 Å². The predicted octanol–water partition coefficient (Wildman–Crippen LogP) is -0.521. The summed E-state index contributed by atoms with van der Waals surface area (Å²) in [6, 6.07) is 0.0926. The molecular weight excluding hydrogens is 128 g/mol. The van der Waals surface area contributed by atoms with Gasteiger partial charge >= 0.3 is 0 Å². The van der Waals surface area contributed by atoms with Crippen molar-refractivity contribution in [1.82, 2.24) is 10.2 Å². The lowest BCUT2D eigenvalue weighted by atomic mass is 10.2. The third kappa shape index (κ3) is 1.55. The summed E-state index contributed by atoms with van der Waals surface area (Å²) < 4.78 is 0. The molecule has 1 atom stereocenters. The van der Waals surface area contributed by atoms with E-state index in [-0.39, 0.29) is 6.04 Å². The Bertz CT molecular complexity index is 136. The van der Waals surface area contributed by atoms with Gasteiger partial charge in [0.1, 0.15) is 0 Å². The molecule has 1 saturated heterocycles. The lowest BCUT2D eigenvalue weighted by Gasteiger charge is -2.08. The molecule has 1 aliphatic heterocycles. The van der Waals surface area contributed by atoms with Gasteiger partial charge in [0.05, 0.1) is 12.6 Å². The van der Waals surface area contributed by atoms with E-state index >= 15 is 0 Å². The largest absolute Gasteiger partial charge is 0.307 e. The van der Waals surface area contributed by atoms with E-state index in [2.05, 4.69) is 5.32 Å². The monoisotopic (exact) mass is 142 g/mol. The molecule has 3 heteroatoms. The highest BCUT2D eigenvalue weighted by Crippen LogP contribution is 2.01. The molecule has 0 aromatic heterocycles. The second-order valence-corrected chi connectivity index (χ2v) is 2.77. The van der Waals surface area contributed by atoms with Gasteiger partial charge in [-0.15, -0.1) is 0 Å². The second-order valence-electron chi connectivity index (χ2n) is 2.77. The van der Waals surface area contributed by atoms with Gasteiger partial charge in [-0.25, -0.2) is 0 Å². The van der Waals surface area contributed by atoms with Crippen LogP contribution in [-0.4, -0.2) is 43.4 Å². The Morgan fingerprint density at radius 1 is 1.80 bits per heavy atom. The summed E-state index contributed by atoms with van der Waals surface area (Å²) in [6.45, 7) is 4.38. The van der Waals surface area contributed by atoms with Crippen LogP contribution in [-0.2, 0) is 4.79 Å². The van der Waals surface area contributed by atoms with Gasteiger partial charge in [-0.3, -0.25) is 9.69 Å². The van der Waals surface area contributed by atoms with Crippen LogP contribution >= 0.6 is 0 Å². The van der Waals surface area contributed by atoms with Gasteiger partial charge in [0.25, 0.3) is 0 Å². The number of nitrogens with one attached hydrogen (secondary N) is 1. The van der Waals surface area contributed by atoms with Crippen molar-refractivity contribution in [1.29, 1.82) is 0 Å². The summed E-state index contributed by atoms with van der Waals surface area (Å²) >= 11 is 0. The van der Waals surface area contributed by atoms with Crippen LogP contribution < -0.4 is 5.32 Å². The third-order valence-electron chi connectivity index (χ3n) is 1.76. The first-order valence-corrected chi connectivity index (χ1v) is 3.68. The van der Waals surface area contributed by atoms with Crippen molar-refractivity contribution in [2.24, 2.45) is 0 Å². The maximum atomic E-state index is 11.1. The molecular formula is C7H14N2O. The molecule has 0 aromatic carbocycles. The molecule has 1 N–H and O–H groups in total. The molecule has 1 rings (SSSR count). The van der Waals surface area contributed by atoms with Gasteiger partial charge < -0.3 is 5.32 Å². The topological polar surface area (TPSA) is 32.3 Å². The number of hydrogen-bond acceptors (Lipinski definition) is 3. The molecule has 0 aliphatic carbocycles. The fraction of sp³-hybridized carbons (Fsp3) is 0.857. The minimum absolute atomic E-state index is 0.0926. The number of ketones is 1. The summed E-state index contributed by atoms with van der Waals surface area (Å²) in [6.07, 6.45) is 0. The number of likely N-dealkylation sites (N-methyl/N-ethyl adjacent to an activating group) is 2. The van der Waals surface area contributed by atoms with E-state index in [4.69, 9.17) is 0 Å². The van der Waals surface area contributed by atoms with Gasteiger partial charge in [0.2, 0.25) is 0 Å². The van der Waals surface area contributed by atoms with E-state index in [1.807, 2.05) is 18.9 Å². The smallest absolute Gasteiger partial charge is 0.164 e. The lowest BCUT2D eigenvalue weighted by molar-refractivity contribution is -0.118. The summed E-state index contributed by atoms with van der Waals surface area (Å²) in [7, 11) is 1.97. The molecule has 0 bridgehead atoms. The van der Waals surface area contributed by atoms with E-state index < -0.39 is 0 Å². The van der Waals surface area contributed by atoms with Crippen molar-refractivity contribution in [2.45, 2.75) is 13.0 Å². The van der Waals surface area contributed by atoms with Crippen molar-refractivity contribution in [3.63, 3.8) is 0 Å². The average molecular weight is 142 g/mol. The van der Waals surface area contributed by atoms with Crippen LogP contribution in [0.5, 0.6) is 0 Å². The Kier molecular flexibility index (Phi) is 2.40. The Balaban J connectivity index is 2.39. The summed E-state index contributed by atoms with van der Waals surface area (Å²) in [5.41, 5.74) is 0. The van der Waals surface area contributed by atoms with Crippen molar-refractivity contribution >= 4 is 5.78 Å². The molecule has 0 aromatic rings. The van der Waals surface area contributed by atoms with Crippen LogP contribution in [0, 0.1) is 0 Å². The summed E-state index contributed by atoms with van der Waals surface area (Å²) in [5, 5.41) is 3.13. The number of Topliss-reactive ketones (excluding diaryl/α,β-unsaturated/α-hetero) is 1. The van der Waals surface area contributed by atoms with Crippen molar-refractivity contribution in [2.75, 3.05) is 26.7 Å². The second kappa shape index (κ2) is 3.12. The highest BCUT2D eigenvalue weighted by Gasteiger charge is 2.26. The maximum absolute atomic E-state index is 11.1. The fourth-order valence-corrected chi connectivity index (χ4v) is 1.28. The molecule has 1 heterocycles. The standard InChI is InChI=1S/C7H14N2O/c1-3-8-6-4-9(2)5-7(6)10/h6,8H,3-5H2,1-2H3.